The molecule has 100 valence electrons. The Balaban J connectivity index is 1.87. The summed E-state index contributed by atoms with van der Waals surface area (Å²) >= 11 is 0. The molecule has 0 unspecified atom stereocenters. The molecule has 0 bridgehead atoms. The smallest absolute Gasteiger partial charge is 0.0599 e. The lowest BCUT2D eigenvalue weighted by molar-refractivity contribution is 0.0124. The lowest BCUT2D eigenvalue weighted by atomic mass is 10.1. The van der Waals surface area contributed by atoms with Crippen molar-refractivity contribution in [3.05, 3.63) is 29.6 Å². The second-order valence-electron chi connectivity index (χ2n) is 4.74. The van der Waals surface area contributed by atoms with Crippen LogP contribution in [0.15, 0.2) is 18.3 Å². The number of nitrogens with two attached hydrogens (primary N) is 1. The molecule has 0 spiro atoms. The van der Waals surface area contributed by atoms with Crippen LogP contribution < -0.4 is 5.73 Å². The molecule has 2 heterocycles. The molecule has 0 amide bonds. The van der Waals surface area contributed by atoms with Crippen LogP contribution in [0.25, 0.3) is 0 Å². The largest absolute Gasteiger partial charge is 0.378 e. The normalized spacial score (nSPS) is 18.1. The molecule has 1 fully saturated rings. The summed E-state index contributed by atoms with van der Waals surface area (Å²) in [6.45, 7) is 6.57. The van der Waals surface area contributed by atoms with E-state index < -0.39 is 0 Å². The van der Waals surface area contributed by atoms with E-state index in [2.05, 4.69) is 22.9 Å². The lowest BCUT2D eigenvalue weighted by Crippen LogP contribution is -2.36. The molecule has 0 saturated carbocycles. The highest BCUT2D eigenvalue weighted by Gasteiger charge is 2.19. The predicted molar refractivity (Wildman–Crippen MR) is 72.1 cm³/mol. The van der Waals surface area contributed by atoms with Crippen molar-refractivity contribution in [2.75, 3.05) is 19.7 Å². The summed E-state index contributed by atoms with van der Waals surface area (Å²) in [6.07, 6.45) is 4.53. The van der Waals surface area contributed by atoms with Crippen LogP contribution in [0.4, 0.5) is 0 Å². The zero-order valence-corrected chi connectivity index (χ0v) is 11.1. The monoisotopic (exact) mass is 249 g/mol. The van der Waals surface area contributed by atoms with Crippen molar-refractivity contribution in [3.63, 3.8) is 0 Å². The molecular formula is C14H23N3O. The van der Waals surface area contributed by atoms with Gasteiger partial charge in [-0.3, -0.25) is 9.88 Å². The number of hydrogen-bond donors (Lipinski definition) is 1. The molecule has 1 aromatic rings. The lowest BCUT2D eigenvalue weighted by Gasteiger charge is -2.32. The Hall–Kier alpha value is -0.970. The van der Waals surface area contributed by atoms with Crippen molar-refractivity contribution >= 4 is 0 Å². The van der Waals surface area contributed by atoms with E-state index in [-0.39, 0.29) is 0 Å². The molecule has 0 atom stereocenters. The summed E-state index contributed by atoms with van der Waals surface area (Å²) in [5, 5.41) is 0. The van der Waals surface area contributed by atoms with E-state index in [1.165, 1.54) is 5.56 Å². The number of likely N-dealkylation sites (tertiary alicyclic amines) is 1. The molecule has 0 aromatic carbocycles. The van der Waals surface area contributed by atoms with Crippen molar-refractivity contribution in [2.24, 2.45) is 5.73 Å². The van der Waals surface area contributed by atoms with Crippen molar-refractivity contribution in [2.45, 2.75) is 39.0 Å². The molecule has 0 radical (unpaired) electrons. The molecule has 2 rings (SSSR count). The van der Waals surface area contributed by atoms with Gasteiger partial charge in [0.05, 0.1) is 11.8 Å². The van der Waals surface area contributed by atoms with Gasteiger partial charge in [0.25, 0.3) is 0 Å². The first-order valence-electron chi connectivity index (χ1n) is 6.80. The Morgan fingerprint density at radius 1 is 1.44 bits per heavy atom. The van der Waals surface area contributed by atoms with Crippen LogP contribution in [-0.4, -0.2) is 35.7 Å². The third-order valence-corrected chi connectivity index (χ3v) is 3.51. The maximum absolute atomic E-state index is 5.72. The fraction of sp³-hybridized carbons (Fsp3) is 0.643. The zero-order chi connectivity index (χ0) is 12.8. The minimum absolute atomic E-state index is 0.453. The van der Waals surface area contributed by atoms with E-state index in [0.717, 1.165) is 44.8 Å². The third-order valence-electron chi connectivity index (χ3n) is 3.51. The number of ether oxygens (including phenoxy) is 1. The van der Waals surface area contributed by atoms with Crippen molar-refractivity contribution in [1.29, 1.82) is 0 Å². The van der Waals surface area contributed by atoms with Gasteiger partial charge < -0.3 is 10.5 Å². The highest BCUT2D eigenvalue weighted by Crippen LogP contribution is 2.17. The summed E-state index contributed by atoms with van der Waals surface area (Å²) < 4.78 is 5.67. The average molecular weight is 249 g/mol. The molecule has 1 aromatic heterocycles. The number of rotatable bonds is 5. The summed E-state index contributed by atoms with van der Waals surface area (Å²) in [5.74, 6) is 0. The van der Waals surface area contributed by atoms with Crippen LogP contribution in [0.1, 0.15) is 31.0 Å². The second kappa shape index (κ2) is 6.83. The van der Waals surface area contributed by atoms with E-state index in [4.69, 9.17) is 10.5 Å². The van der Waals surface area contributed by atoms with Gasteiger partial charge >= 0.3 is 0 Å². The molecule has 4 nitrogen and oxygen atoms in total. The van der Waals surface area contributed by atoms with Crippen LogP contribution in [0.2, 0.25) is 0 Å². The average Bonchev–Trinajstić information content (AvgIpc) is 2.42. The molecule has 18 heavy (non-hydrogen) atoms. The number of nitrogens with zero attached hydrogens (tertiary/aromatic N) is 2. The van der Waals surface area contributed by atoms with E-state index in [1.807, 2.05) is 12.3 Å². The van der Waals surface area contributed by atoms with Crippen molar-refractivity contribution in [3.8, 4) is 0 Å². The van der Waals surface area contributed by atoms with Crippen LogP contribution in [0.3, 0.4) is 0 Å². The SMILES string of the molecule is CCOC1CCN(Cc2cccnc2CN)CC1. The van der Waals surface area contributed by atoms with Crippen LogP contribution >= 0.6 is 0 Å². The van der Waals surface area contributed by atoms with Crippen molar-refractivity contribution in [1.82, 2.24) is 9.88 Å². The fourth-order valence-electron chi connectivity index (χ4n) is 2.51. The van der Waals surface area contributed by atoms with Crippen molar-refractivity contribution < 1.29 is 4.74 Å². The number of pyridine rings is 1. The topological polar surface area (TPSA) is 51.4 Å². The van der Waals surface area contributed by atoms with Gasteiger partial charge in [0.2, 0.25) is 0 Å². The van der Waals surface area contributed by atoms with E-state index in [9.17, 15) is 0 Å². The molecule has 1 aliphatic rings. The Morgan fingerprint density at radius 3 is 2.89 bits per heavy atom. The van der Waals surface area contributed by atoms with Gasteiger partial charge in [0.15, 0.2) is 0 Å². The van der Waals surface area contributed by atoms with E-state index in [0.29, 0.717) is 12.6 Å². The first-order chi connectivity index (χ1) is 8.83. The second-order valence-corrected chi connectivity index (χ2v) is 4.74. The first-order valence-corrected chi connectivity index (χ1v) is 6.80. The molecule has 1 aliphatic heterocycles. The quantitative estimate of drug-likeness (QED) is 0.860. The van der Waals surface area contributed by atoms with E-state index in [1.54, 1.807) is 0 Å². The number of hydrogen-bond acceptors (Lipinski definition) is 4. The molecule has 1 saturated heterocycles. The maximum atomic E-state index is 5.72. The Labute approximate surface area is 109 Å². The van der Waals surface area contributed by atoms with Gasteiger partial charge in [-0.25, -0.2) is 0 Å². The zero-order valence-electron chi connectivity index (χ0n) is 11.1. The molecule has 2 N–H and O–H groups in total. The standard InChI is InChI=1S/C14H23N3O/c1-2-18-13-5-8-17(9-6-13)11-12-4-3-7-16-14(12)10-15/h3-4,7,13H,2,5-6,8-11,15H2,1H3. The Bertz CT molecular complexity index is 362. The van der Waals surface area contributed by atoms with Gasteiger partial charge in [-0.15, -0.1) is 0 Å². The first kappa shape index (κ1) is 13.5. The van der Waals surface area contributed by atoms with Gasteiger partial charge in [-0.1, -0.05) is 6.07 Å². The van der Waals surface area contributed by atoms with Gasteiger partial charge in [-0.05, 0) is 31.4 Å². The summed E-state index contributed by atoms with van der Waals surface area (Å²) in [5.41, 5.74) is 7.99. The maximum Gasteiger partial charge on any atom is 0.0599 e. The highest BCUT2D eigenvalue weighted by molar-refractivity contribution is 5.19. The predicted octanol–water partition coefficient (Wildman–Crippen LogP) is 1.54. The number of aromatic nitrogens is 1. The molecular weight excluding hydrogens is 226 g/mol. The van der Waals surface area contributed by atoms with Gasteiger partial charge in [0.1, 0.15) is 0 Å². The summed E-state index contributed by atoms with van der Waals surface area (Å²) in [6, 6.07) is 4.12. The fourth-order valence-corrected chi connectivity index (χ4v) is 2.51. The Kier molecular flexibility index (Phi) is 5.11. The third kappa shape index (κ3) is 3.51. The Morgan fingerprint density at radius 2 is 2.22 bits per heavy atom. The summed E-state index contributed by atoms with van der Waals surface area (Å²) in [7, 11) is 0. The van der Waals surface area contributed by atoms with Gasteiger partial charge in [0, 0.05) is 39.0 Å². The van der Waals surface area contributed by atoms with Crippen LogP contribution in [0.5, 0.6) is 0 Å². The summed E-state index contributed by atoms with van der Waals surface area (Å²) in [4.78, 5) is 6.79. The van der Waals surface area contributed by atoms with E-state index >= 15 is 0 Å². The van der Waals surface area contributed by atoms with Gasteiger partial charge in [-0.2, -0.15) is 0 Å². The van der Waals surface area contributed by atoms with Crippen LogP contribution in [0, 0.1) is 0 Å². The molecule has 4 heteroatoms. The molecule has 0 aliphatic carbocycles. The van der Waals surface area contributed by atoms with Crippen LogP contribution in [-0.2, 0) is 17.8 Å². The number of piperidine rings is 1. The minimum atomic E-state index is 0.453. The highest BCUT2D eigenvalue weighted by atomic mass is 16.5. The minimum Gasteiger partial charge on any atom is -0.378 e.